The van der Waals surface area contributed by atoms with Gasteiger partial charge in [-0.3, -0.25) is 20.2 Å². The van der Waals surface area contributed by atoms with Crippen LogP contribution in [-0.4, -0.2) is 31.3 Å². The van der Waals surface area contributed by atoms with Crippen molar-refractivity contribution in [3.8, 4) is 0 Å². The average molecular weight is 305 g/mol. The topological polar surface area (TPSA) is 173 Å². The molecule has 0 amide bonds. The fourth-order valence-electron chi connectivity index (χ4n) is 1.37. The van der Waals surface area contributed by atoms with Crippen LogP contribution in [-0.2, 0) is 14.8 Å². The summed E-state index contributed by atoms with van der Waals surface area (Å²) in [7, 11) is -3.75. The van der Waals surface area contributed by atoms with Crippen LogP contribution in [0.2, 0.25) is 0 Å². The first-order chi connectivity index (χ1) is 9.09. The lowest BCUT2D eigenvalue weighted by Crippen LogP contribution is -2.19. The highest BCUT2D eigenvalue weighted by atomic mass is 32.2. The third-order valence-corrected chi connectivity index (χ3v) is 3.10. The molecule has 12 heteroatoms. The van der Waals surface area contributed by atoms with E-state index in [1.54, 1.807) is 0 Å². The molecule has 0 aliphatic carbocycles. The first kappa shape index (κ1) is 15.5. The number of carbonyl (C=O) groups is 1. The molecular weight excluding hydrogens is 298 g/mol. The zero-order valence-electron chi connectivity index (χ0n) is 9.80. The Bertz CT molecular complexity index is 711. The molecule has 1 aromatic rings. The minimum Gasteiger partial charge on any atom is -0.465 e. The number of nitrogens with zero attached hydrogens (tertiary/aromatic N) is 2. The molecule has 0 aromatic heterocycles. The lowest BCUT2D eigenvalue weighted by molar-refractivity contribution is -0.394. The van der Waals surface area contributed by atoms with Crippen LogP contribution in [0.5, 0.6) is 0 Å². The van der Waals surface area contributed by atoms with Gasteiger partial charge in [0, 0.05) is 6.07 Å². The average Bonchev–Trinajstić information content (AvgIpc) is 2.34. The standard InChI is InChI=1S/C8H7N3O8S/c1-19-8(12)7-5(11(15)16)2-4(10(13)14)3-6(7)20(9,17)18/h2-3H,1H3,(H2,9,17,18). The highest BCUT2D eigenvalue weighted by Gasteiger charge is 2.33. The van der Waals surface area contributed by atoms with Gasteiger partial charge >= 0.3 is 5.97 Å². The van der Waals surface area contributed by atoms with E-state index in [1.807, 2.05) is 0 Å². The number of sulfonamides is 1. The van der Waals surface area contributed by atoms with Crippen LogP contribution < -0.4 is 5.14 Å². The Kier molecular flexibility index (Phi) is 4.00. The van der Waals surface area contributed by atoms with Gasteiger partial charge in [-0.05, 0) is 0 Å². The summed E-state index contributed by atoms with van der Waals surface area (Å²) >= 11 is 0. The van der Waals surface area contributed by atoms with E-state index in [-0.39, 0.29) is 0 Å². The molecule has 2 N–H and O–H groups in total. The Morgan fingerprint density at radius 2 is 1.80 bits per heavy atom. The minimum atomic E-state index is -4.61. The van der Waals surface area contributed by atoms with Crippen molar-refractivity contribution in [2.45, 2.75) is 4.90 Å². The van der Waals surface area contributed by atoms with E-state index in [4.69, 9.17) is 5.14 Å². The van der Waals surface area contributed by atoms with Crippen LogP contribution in [0.25, 0.3) is 0 Å². The maximum absolute atomic E-state index is 11.5. The molecular formula is C8H7N3O8S. The van der Waals surface area contributed by atoms with Crippen LogP contribution in [0, 0.1) is 20.2 Å². The van der Waals surface area contributed by atoms with Crippen molar-refractivity contribution < 1.29 is 27.8 Å². The third kappa shape index (κ3) is 2.86. The smallest absolute Gasteiger partial charge is 0.346 e. The summed E-state index contributed by atoms with van der Waals surface area (Å²) in [6.07, 6.45) is 0. The van der Waals surface area contributed by atoms with Gasteiger partial charge in [-0.25, -0.2) is 18.4 Å². The summed E-state index contributed by atoms with van der Waals surface area (Å²) in [5.74, 6) is -1.35. The molecule has 1 aromatic carbocycles. The maximum Gasteiger partial charge on any atom is 0.346 e. The molecule has 0 unspecified atom stereocenters. The second-order valence-corrected chi connectivity index (χ2v) is 4.92. The van der Waals surface area contributed by atoms with E-state index in [1.165, 1.54) is 0 Å². The first-order valence-corrected chi connectivity index (χ1v) is 6.22. The van der Waals surface area contributed by atoms with Crippen molar-refractivity contribution in [2.75, 3.05) is 7.11 Å². The molecule has 11 nitrogen and oxygen atoms in total. The highest BCUT2D eigenvalue weighted by Crippen LogP contribution is 2.31. The lowest BCUT2D eigenvalue weighted by Gasteiger charge is -2.06. The van der Waals surface area contributed by atoms with Crippen molar-refractivity contribution in [3.05, 3.63) is 37.9 Å². The molecule has 0 saturated carbocycles. The van der Waals surface area contributed by atoms with Gasteiger partial charge in [0.25, 0.3) is 11.4 Å². The SMILES string of the molecule is COC(=O)c1c([N+](=O)[O-])cc([N+](=O)[O-])cc1S(N)(=O)=O. The van der Waals surface area contributed by atoms with E-state index in [0.29, 0.717) is 12.1 Å². The molecule has 0 bridgehead atoms. The second-order valence-electron chi connectivity index (χ2n) is 3.39. The number of carbonyl (C=O) groups excluding carboxylic acids is 1. The summed E-state index contributed by atoms with van der Waals surface area (Å²) in [5, 5.41) is 26.3. The van der Waals surface area contributed by atoms with E-state index >= 15 is 0 Å². The normalized spacial score (nSPS) is 10.9. The Morgan fingerprint density at radius 3 is 2.15 bits per heavy atom. The molecule has 0 atom stereocenters. The highest BCUT2D eigenvalue weighted by molar-refractivity contribution is 7.89. The maximum atomic E-state index is 11.5. The summed E-state index contributed by atoms with van der Waals surface area (Å²) < 4.78 is 26.9. The third-order valence-electron chi connectivity index (χ3n) is 2.17. The number of rotatable bonds is 4. The van der Waals surface area contributed by atoms with Gasteiger partial charge < -0.3 is 4.74 Å². The number of benzene rings is 1. The van der Waals surface area contributed by atoms with Crippen LogP contribution in [0.4, 0.5) is 11.4 Å². The Labute approximate surface area is 111 Å². The van der Waals surface area contributed by atoms with Crippen LogP contribution in [0.1, 0.15) is 10.4 Å². The van der Waals surface area contributed by atoms with Gasteiger partial charge in [-0.15, -0.1) is 0 Å². The minimum absolute atomic E-state index is 0.445. The van der Waals surface area contributed by atoms with Crippen molar-refractivity contribution in [2.24, 2.45) is 5.14 Å². The van der Waals surface area contributed by atoms with Crippen molar-refractivity contribution >= 4 is 27.4 Å². The molecule has 0 aliphatic heterocycles. The van der Waals surface area contributed by atoms with E-state index in [9.17, 15) is 33.4 Å². The molecule has 0 fully saturated rings. The number of nitro benzene ring substituents is 2. The number of hydrogen-bond donors (Lipinski definition) is 1. The number of methoxy groups -OCH3 is 1. The lowest BCUT2D eigenvalue weighted by atomic mass is 10.1. The second kappa shape index (κ2) is 5.18. The predicted molar refractivity (Wildman–Crippen MR) is 62.5 cm³/mol. The predicted octanol–water partition coefficient (Wildman–Crippen LogP) is -0.0630. The molecule has 1 rings (SSSR count). The van der Waals surface area contributed by atoms with E-state index in [2.05, 4.69) is 4.74 Å². The number of ether oxygens (including phenoxy) is 1. The fraction of sp³-hybridized carbons (Fsp3) is 0.125. The molecule has 108 valence electrons. The van der Waals surface area contributed by atoms with Gasteiger partial charge in [-0.1, -0.05) is 0 Å². The van der Waals surface area contributed by atoms with Crippen LogP contribution in [0.15, 0.2) is 17.0 Å². The number of hydrogen-bond acceptors (Lipinski definition) is 8. The van der Waals surface area contributed by atoms with Crippen LogP contribution in [0.3, 0.4) is 0 Å². The fourth-order valence-corrected chi connectivity index (χ4v) is 2.13. The van der Waals surface area contributed by atoms with Crippen LogP contribution >= 0.6 is 0 Å². The zero-order valence-corrected chi connectivity index (χ0v) is 10.6. The Balaban J connectivity index is 3.91. The van der Waals surface area contributed by atoms with Gasteiger partial charge in [0.1, 0.15) is 4.90 Å². The molecule has 0 spiro atoms. The molecule has 0 radical (unpaired) electrons. The summed E-state index contributed by atoms with van der Waals surface area (Å²) in [4.78, 5) is 29.7. The van der Waals surface area contributed by atoms with Crippen molar-refractivity contribution in [3.63, 3.8) is 0 Å². The molecule has 20 heavy (non-hydrogen) atoms. The Hall–Kier alpha value is -2.60. The number of nitro groups is 2. The summed E-state index contributed by atoms with van der Waals surface area (Å²) in [5.41, 5.74) is -2.95. The molecule has 0 saturated heterocycles. The molecule has 0 heterocycles. The summed E-state index contributed by atoms with van der Waals surface area (Å²) in [6, 6.07) is 0.898. The Morgan fingerprint density at radius 1 is 1.25 bits per heavy atom. The van der Waals surface area contributed by atoms with Crippen molar-refractivity contribution in [1.29, 1.82) is 0 Å². The van der Waals surface area contributed by atoms with Crippen molar-refractivity contribution in [1.82, 2.24) is 0 Å². The summed E-state index contributed by atoms with van der Waals surface area (Å²) in [6.45, 7) is 0. The number of esters is 1. The molecule has 0 aliphatic rings. The van der Waals surface area contributed by atoms with Gasteiger partial charge in [-0.2, -0.15) is 0 Å². The number of nitrogens with two attached hydrogens (primary N) is 1. The quantitative estimate of drug-likeness (QED) is 0.457. The van der Waals surface area contributed by atoms with Gasteiger partial charge in [0.2, 0.25) is 10.0 Å². The van der Waals surface area contributed by atoms with Gasteiger partial charge in [0.05, 0.1) is 23.0 Å². The van der Waals surface area contributed by atoms with E-state index in [0.717, 1.165) is 7.11 Å². The first-order valence-electron chi connectivity index (χ1n) is 4.67. The number of non-ortho nitro benzene ring substituents is 1. The van der Waals surface area contributed by atoms with E-state index < -0.39 is 47.7 Å². The largest absolute Gasteiger partial charge is 0.465 e. The number of primary sulfonamides is 1. The van der Waals surface area contributed by atoms with Gasteiger partial charge in [0.15, 0.2) is 5.56 Å². The monoisotopic (exact) mass is 305 g/mol. The zero-order chi connectivity index (χ0) is 15.7.